The lowest BCUT2D eigenvalue weighted by Gasteiger charge is -2.18. The third-order valence-electron chi connectivity index (χ3n) is 3.53. The van der Waals surface area contributed by atoms with E-state index < -0.39 is 15.8 Å². The first-order valence-electron chi connectivity index (χ1n) is 6.58. The highest BCUT2D eigenvalue weighted by Gasteiger charge is 2.29. The van der Waals surface area contributed by atoms with Gasteiger partial charge in [0, 0.05) is 12.6 Å². The molecule has 0 aliphatic carbocycles. The summed E-state index contributed by atoms with van der Waals surface area (Å²) >= 11 is 0. The number of methoxy groups -OCH3 is 1. The summed E-state index contributed by atoms with van der Waals surface area (Å²) in [4.78, 5) is 11.9. The number of nitrogens with one attached hydrogen (secondary N) is 1. The van der Waals surface area contributed by atoms with Crippen LogP contribution in [0.3, 0.4) is 0 Å². The number of rotatable bonds is 5. The average Bonchev–Trinajstić information content (AvgIpc) is 2.79. The molecule has 110 valence electrons. The van der Waals surface area contributed by atoms with E-state index in [1.165, 1.54) is 7.11 Å². The van der Waals surface area contributed by atoms with E-state index in [4.69, 9.17) is 4.74 Å². The molecule has 1 aliphatic rings. The number of hydrogen-bond acceptors (Lipinski definition) is 5. The molecule has 2 rings (SSSR count). The van der Waals surface area contributed by atoms with E-state index in [-0.39, 0.29) is 23.5 Å². The van der Waals surface area contributed by atoms with Crippen molar-refractivity contribution in [3.8, 4) is 0 Å². The Balaban J connectivity index is 2.01. The number of esters is 1. The van der Waals surface area contributed by atoms with Gasteiger partial charge in [0.2, 0.25) is 0 Å². The SMILES string of the molecule is COC(=O)C(CNC1CCS(=O)(=O)C1)c1ccccc1. The highest BCUT2D eigenvalue weighted by atomic mass is 32.2. The van der Waals surface area contributed by atoms with E-state index in [1.807, 2.05) is 30.3 Å². The molecule has 1 heterocycles. The first-order valence-corrected chi connectivity index (χ1v) is 8.40. The van der Waals surface area contributed by atoms with Gasteiger partial charge in [-0.3, -0.25) is 4.79 Å². The molecule has 1 aromatic carbocycles. The van der Waals surface area contributed by atoms with E-state index in [0.717, 1.165) is 5.56 Å². The van der Waals surface area contributed by atoms with Crippen LogP contribution < -0.4 is 5.32 Å². The Morgan fingerprint density at radius 2 is 2.10 bits per heavy atom. The molecule has 0 aromatic heterocycles. The Morgan fingerprint density at radius 1 is 1.40 bits per heavy atom. The molecule has 6 heteroatoms. The molecule has 2 unspecified atom stereocenters. The van der Waals surface area contributed by atoms with Gasteiger partial charge < -0.3 is 10.1 Å². The van der Waals surface area contributed by atoms with Crippen molar-refractivity contribution in [1.82, 2.24) is 5.32 Å². The lowest BCUT2D eigenvalue weighted by molar-refractivity contribution is -0.142. The standard InChI is InChI=1S/C14H19NO4S/c1-19-14(16)13(11-5-3-2-4-6-11)9-15-12-7-8-20(17,18)10-12/h2-6,12-13,15H,7-10H2,1H3. The molecule has 20 heavy (non-hydrogen) atoms. The minimum absolute atomic E-state index is 0.0733. The Labute approximate surface area is 119 Å². The van der Waals surface area contributed by atoms with Gasteiger partial charge in [-0.2, -0.15) is 0 Å². The Bertz CT molecular complexity index is 556. The highest BCUT2D eigenvalue weighted by Crippen LogP contribution is 2.18. The third kappa shape index (κ3) is 3.80. The van der Waals surface area contributed by atoms with Crippen LogP contribution >= 0.6 is 0 Å². The molecular formula is C14H19NO4S. The number of carbonyl (C=O) groups is 1. The van der Waals surface area contributed by atoms with Gasteiger partial charge in [-0.05, 0) is 12.0 Å². The van der Waals surface area contributed by atoms with Crippen LogP contribution in [0.1, 0.15) is 17.9 Å². The van der Waals surface area contributed by atoms with Crippen molar-refractivity contribution >= 4 is 15.8 Å². The molecule has 0 amide bonds. The fraction of sp³-hybridized carbons (Fsp3) is 0.500. The van der Waals surface area contributed by atoms with Crippen LogP contribution in [0.5, 0.6) is 0 Å². The summed E-state index contributed by atoms with van der Waals surface area (Å²) < 4.78 is 27.7. The minimum Gasteiger partial charge on any atom is -0.469 e. The Morgan fingerprint density at radius 3 is 2.65 bits per heavy atom. The lowest BCUT2D eigenvalue weighted by atomic mass is 9.99. The predicted molar refractivity (Wildman–Crippen MR) is 76.3 cm³/mol. The predicted octanol–water partition coefficient (Wildman–Crippen LogP) is 0.720. The molecular weight excluding hydrogens is 278 g/mol. The molecule has 0 bridgehead atoms. The maximum atomic E-state index is 11.9. The molecule has 1 saturated heterocycles. The number of benzene rings is 1. The summed E-state index contributed by atoms with van der Waals surface area (Å²) in [6.07, 6.45) is 0.602. The van der Waals surface area contributed by atoms with Crippen LogP contribution in [0, 0.1) is 0 Å². The fourth-order valence-corrected chi connectivity index (χ4v) is 4.11. The molecule has 0 saturated carbocycles. The third-order valence-corrected chi connectivity index (χ3v) is 5.30. The lowest BCUT2D eigenvalue weighted by Crippen LogP contribution is -2.36. The number of hydrogen-bond donors (Lipinski definition) is 1. The first kappa shape index (κ1) is 15.0. The highest BCUT2D eigenvalue weighted by molar-refractivity contribution is 7.91. The van der Waals surface area contributed by atoms with Crippen molar-refractivity contribution in [2.75, 3.05) is 25.2 Å². The molecule has 1 aromatic rings. The zero-order valence-corrected chi connectivity index (χ0v) is 12.2. The van der Waals surface area contributed by atoms with E-state index >= 15 is 0 Å². The van der Waals surface area contributed by atoms with E-state index in [2.05, 4.69) is 5.32 Å². The zero-order valence-electron chi connectivity index (χ0n) is 11.4. The normalized spacial score (nSPS) is 22.4. The van der Waals surface area contributed by atoms with Gasteiger partial charge in [0.1, 0.15) is 0 Å². The number of sulfone groups is 1. The molecule has 1 N–H and O–H groups in total. The van der Waals surface area contributed by atoms with Gasteiger partial charge >= 0.3 is 5.97 Å². The summed E-state index contributed by atoms with van der Waals surface area (Å²) in [6, 6.07) is 9.28. The van der Waals surface area contributed by atoms with Crippen molar-refractivity contribution in [3.63, 3.8) is 0 Å². The summed E-state index contributed by atoms with van der Waals surface area (Å²) in [6.45, 7) is 0.386. The van der Waals surface area contributed by atoms with Gasteiger partial charge in [-0.15, -0.1) is 0 Å². The Kier molecular flexibility index (Phi) is 4.77. The van der Waals surface area contributed by atoms with Crippen molar-refractivity contribution in [3.05, 3.63) is 35.9 Å². The molecule has 1 fully saturated rings. The van der Waals surface area contributed by atoms with Crippen molar-refractivity contribution < 1.29 is 17.9 Å². The molecule has 1 aliphatic heterocycles. The maximum absolute atomic E-state index is 11.9. The van der Waals surface area contributed by atoms with E-state index in [0.29, 0.717) is 13.0 Å². The fourth-order valence-electron chi connectivity index (χ4n) is 2.41. The van der Waals surface area contributed by atoms with Crippen LogP contribution in [0.15, 0.2) is 30.3 Å². The van der Waals surface area contributed by atoms with Gasteiger partial charge in [-0.1, -0.05) is 30.3 Å². The van der Waals surface area contributed by atoms with Crippen molar-refractivity contribution in [1.29, 1.82) is 0 Å². The van der Waals surface area contributed by atoms with E-state index in [1.54, 1.807) is 0 Å². The van der Waals surface area contributed by atoms with Gasteiger partial charge in [0.05, 0.1) is 24.5 Å². The van der Waals surface area contributed by atoms with Crippen LogP contribution in [-0.4, -0.2) is 45.6 Å². The largest absolute Gasteiger partial charge is 0.469 e. The monoisotopic (exact) mass is 297 g/mol. The number of carbonyl (C=O) groups excluding carboxylic acids is 1. The molecule has 0 spiro atoms. The van der Waals surface area contributed by atoms with Gasteiger partial charge in [0.25, 0.3) is 0 Å². The minimum atomic E-state index is -2.91. The zero-order chi connectivity index (χ0) is 14.6. The molecule has 2 atom stereocenters. The summed E-state index contributed by atoms with van der Waals surface area (Å²) in [5.74, 6) is -0.358. The number of ether oxygens (including phenoxy) is 1. The molecule has 0 radical (unpaired) electrons. The van der Waals surface area contributed by atoms with Crippen LogP contribution in [0.2, 0.25) is 0 Å². The van der Waals surface area contributed by atoms with Crippen LogP contribution in [0.25, 0.3) is 0 Å². The maximum Gasteiger partial charge on any atom is 0.314 e. The summed E-state index contributed by atoms with van der Waals surface area (Å²) in [5, 5.41) is 3.17. The average molecular weight is 297 g/mol. The summed E-state index contributed by atoms with van der Waals surface area (Å²) in [5.41, 5.74) is 0.868. The van der Waals surface area contributed by atoms with Crippen molar-refractivity contribution in [2.24, 2.45) is 0 Å². The van der Waals surface area contributed by atoms with E-state index in [9.17, 15) is 13.2 Å². The van der Waals surface area contributed by atoms with Crippen LogP contribution in [-0.2, 0) is 19.4 Å². The first-order chi connectivity index (χ1) is 9.52. The Hall–Kier alpha value is -1.40. The quantitative estimate of drug-likeness (QED) is 0.811. The smallest absolute Gasteiger partial charge is 0.314 e. The van der Waals surface area contributed by atoms with Gasteiger partial charge in [0.15, 0.2) is 9.84 Å². The second-order valence-electron chi connectivity index (χ2n) is 4.99. The van der Waals surface area contributed by atoms with Crippen LogP contribution in [0.4, 0.5) is 0 Å². The summed E-state index contributed by atoms with van der Waals surface area (Å²) in [7, 11) is -1.55. The topological polar surface area (TPSA) is 72.5 Å². The molecule has 5 nitrogen and oxygen atoms in total. The van der Waals surface area contributed by atoms with Gasteiger partial charge in [-0.25, -0.2) is 8.42 Å². The van der Waals surface area contributed by atoms with Crippen molar-refractivity contribution in [2.45, 2.75) is 18.4 Å². The second-order valence-corrected chi connectivity index (χ2v) is 7.22. The second kappa shape index (κ2) is 6.37.